The quantitative estimate of drug-likeness (QED) is 0.757. The molecule has 3 aromatic rings. The van der Waals surface area contributed by atoms with Crippen LogP contribution in [-0.2, 0) is 0 Å². The van der Waals surface area contributed by atoms with Crippen molar-refractivity contribution in [1.82, 2.24) is 5.16 Å². The van der Waals surface area contributed by atoms with Crippen molar-refractivity contribution in [2.24, 2.45) is 0 Å². The van der Waals surface area contributed by atoms with E-state index in [1.54, 1.807) is 12.1 Å². The lowest BCUT2D eigenvalue weighted by Gasteiger charge is -2.03. The minimum Gasteiger partial charge on any atom is -0.508 e. The Morgan fingerprint density at radius 1 is 1.22 bits per heavy atom. The van der Waals surface area contributed by atoms with Gasteiger partial charge in [-0.3, -0.25) is 4.79 Å². The minimum atomic E-state index is -0.572. The van der Waals surface area contributed by atoms with Gasteiger partial charge in [0.1, 0.15) is 11.6 Å². The molecule has 7 heteroatoms. The summed E-state index contributed by atoms with van der Waals surface area (Å²) in [5, 5.41) is 15.6. The zero-order valence-electron chi connectivity index (χ0n) is 11.6. The fraction of sp³-hybridized carbons (Fsp3) is 0. The molecule has 1 heterocycles. The van der Waals surface area contributed by atoms with E-state index in [-0.39, 0.29) is 16.5 Å². The molecule has 0 radical (unpaired) electrons. The van der Waals surface area contributed by atoms with Crippen LogP contribution >= 0.6 is 11.6 Å². The topological polar surface area (TPSA) is 75.4 Å². The van der Waals surface area contributed by atoms with Gasteiger partial charge in [-0.05, 0) is 30.3 Å². The van der Waals surface area contributed by atoms with E-state index in [0.717, 1.165) is 6.07 Å². The largest absolute Gasteiger partial charge is 0.508 e. The number of nitrogens with zero attached hydrogens (tertiary/aromatic N) is 1. The number of rotatable bonds is 3. The van der Waals surface area contributed by atoms with Crippen LogP contribution in [0, 0.1) is 5.82 Å². The van der Waals surface area contributed by atoms with Crippen molar-refractivity contribution in [2.75, 3.05) is 5.32 Å². The summed E-state index contributed by atoms with van der Waals surface area (Å²) in [5.74, 6) is -0.686. The molecule has 23 heavy (non-hydrogen) atoms. The Bertz CT molecular complexity index is 879. The Balaban J connectivity index is 1.79. The average Bonchev–Trinajstić information content (AvgIpc) is 3.01. The molecule has 5 nitrogen and oxygen atoms in total. The zero-order valence-corrected chi connectivity index (χ0v) is 12.3. The summed E-state index contributed by atoms with van der Waals surface area (Å²) in [6, 6.07) is 11.6. The first-order chi connectivity index (χ1) is 11.0. The Morgan fingerprint density at radius 2 is 2.04 bits per heavy atom. The summed E-state index contributed by atoms with van der Waals surface area (Å²) >= 11 is 5.66. The number of phenolic OH excluding ortho intramolecular Hbond substituents is 1. The molecule has 0 atom stereocenters. The van der Waals surface area contributed by atoms with Crippen molar-refractivity contribution < 1.29 is 18.8 Å². The molecular weight excluding hydrogens is 323 g/mol. The van der Waals surface area contributed by atoms with Gasteiger partial charge in [0.25, 0.3) is 5.91 Å². The van der Waals surface area contributed by atoms with Gasteiger partial charge >= 0.3 is 0 Å². The molecule has 0 unspecified atom stereocenters. The molecule has 116 valence electrons. The maximum absolute atomic E-state index is 13.1. The second-order valence-electron chi connectivity index (χ2n) is 4.71. The van der Waals surface area contributed by atoms with E-state index in [0.29, 0.717) is 17.0 Å². The van der Waals surface area contributed by atoms with Gasteiger partial charge in [0, 0.05) is 17.3 Å². The number of halogens is 2. The number of phenols is 1. The zero-order chi connectivity index (χ0) is 16.4. The van der Waals surface area contributed by atoms with Gasteiger partial charge in [-0.15, -0.1) is 0 Å². The van der Waals surface area contributed by atoms with Crippen molar-refractivity contribution >= 4 is 23.2 Å². The maximum Gasteiger partial charge on any atom is 0.277 e. The van der Waals surface area contributed by atoms with E-state index in [2.05, 4.69) is 10.5 Å². The molecular formula is C16H10ClFN2O3. The summed E-state index contributed by atoms with van der Waals surface area (Å²) in [6.07, 6.45) is 0. The van der Waals surface area contributed by atoms with Gasteiger partial charge in [-0.25, -0.2) is 4.39 Å². The number of nitrogens with one attached hydrogen (secondary N) is 1. The number of hydrogen-bond acceptors (Lipinski definition) is 4. The van der Waals surface area contributed by atoms with Gasteiger partial charge in [-0.1, -0.05) is 28.9 Å². The number of aromatic nitrogens is 1. The second-order valence-corrected chi connectivity index (χ2v) is 5.12. The molecule has 0 bridgehead atoms. The van der Waals surface area contributed by atoms with Gasteiger partial charge in [0.15, 0.2) is 11.5 Å². The minimum absolute atomic E-state index is 0.0452. The monoisotopic (exact) mass is 332 g/mol. The SMILES string of the molecule is O=C(Nc1ccc(F)c(Cl)c1)c1cc(-c2cccc(O)c2)on1. The van der Waals surface area contributed by atoms with Crippen molar-refractivity contribution in [3.63, 3.8) is 0 Å². The van der Waals surface area contributed by atoms with E-state index < -0.39 is 11.7 Å². The molecule has 0 aliphatic rings. The first kappa shape index (κ1) is 15.1. The lowest BCUT2D eigenvalue weighted by atomic mass is 10.1. The highest BCUT2D eigenvalue weighted by Crippen LogP contribution is 2.24. The number of carbonyl (C=O) groups is 1. The molecule has 0 aliphatic heterocycles. The van der Waals surface area contributed by atoms with Crippen molar-refractivity contribution in [3.8, 4) is 17.1 Å². The molecule has 0 spiro atoms. The highest BCUT2D eigenvalue weighted by atomic mass is 35.5. The fourth-order valence-corrected chi connectivity index (χ4v) is 2.13. The Hall–Kier alpha value is -2.86. The molecule has 3 rings (SSSR count). The van der Waals surface area contributed by atoms with Crippen LogP contribution in [0.5, 0.6) is 5.75 Å². The van der Waals surface area contributed by atoms with Crippen LogP contribution in [-0.4, -0.2) is 16.2 Å². The van der Waals surface area contributed by atoms with Crippen molar-refractivity contribution in [2.45, 2.75) is 0 Å². The predicted octanol–water partition coefficient (Wildman–Crippen LogP) is 4.09. The molecule has 1 amide bonds. The smallest absolute Gasteiger partial charge is 0.277 e. The van der Waals surface area contributed by atoms with E-state index >= 15 is 0 Å². The van der Waals surface area contributed by atoms with Gasteiger partial charge in [0.05, 0.1) is 5.02 Å². The molecule has 1 aromatic heterocycles. The van der Waals surface area contributed by atoms with Crippen LogP contribution in [0.3, 0.4) is 0 Å². The summed E-state index contributed by atoms with van der Waals surface area (Å²) in [6.45, 7) is 0. The molecule has 0 saturated heterocycles. The van der Waals surface area contributed by atoms with E-state index in [9.17, 15) is 14.3 Å². The van der Waals surface area contributed by atoms with E-state index in [1.165, 1.54) is 30.3 Å². The van der Waals surface area contributed by atoms with E-state index in [1.807, 2.05) is 0 Å². The van der Waals surface area contributed by atoms with Crippen LogP contribution in [0.15, 0.2) is 53.1 Å². The first-order valence-electron chi connectivity index (χ1n) is 6.55. The normalized spacial score (nSPS) is 10.5. The standard InChI is InChI=1S/C16H10ClFN2O3/c17-12-7-10(4-5-13(12)18)19-16(22)14-8-15(23-20-14)9-2-1-3-11(21)6-9/h1-8,21H,(H,19,22). The number of benzene rings is 2. The summed E-state index contributed by atoms with van der Waals surface area (Å²) in [5.41, 5.74) is 0.966. The average molecular weight is 333 g/mol. The third-order valence-corrected chi connectivity index (χ3v) is 3.34. The number of carbonyl (C=O) groups excluding carboxylic acids is 1. The van der Waals surface area contributed by atoms with Crippen LogP contribution in [0.1, 0.15) is 10.5 Å². The highest BCUT2D eigenvalue weighted by molar-refractivity contribution is 6.31. The van der Waals surface area contributed by atoms with Crippen molar-refractivity contribution in [1.29, 1.82) is 0 Å². The summed E-state index contributed by atoms with van der Waals surface area (Å²) in [7, 11) is 0. The summed E-state index contributed by atoms with van der Waals surface area (Å²) in [4.78, 5) is 12.1. The van der Waals surface area contributed by atoms with Gasteiger partial charge in [-0.2, -0.15) is 0 Å². The highest BCUT2D eigenvalue weighted by Gasteiger charge is 2.14. The first-order valence-corrected chi connectivity index (χ1v) is 6.93. The van der Waals surface area contributed by atoms with Crippen LogP contribution in [0.4, 0.5) is 10.1 Å². The van der Waals surface area contributed by atoms with Gasteiger partial charge < -0.3 is 14.9 Å². The van der Waals surface area contributed by atoms with Crippen LogP contribution < -0.4 is 5.32 Å². The van der Waals surface area contributed by atoms with E-state index in [4.69, 9.17) is 16.1 Å². The fourth-order valence-electron chi connectivity index (χ4n) is 1.95. The van der Waals surface area contributed by atoms with Gasteiger partial charge in [0.2, 0.25) is 0 Å². The predicted molar refractivity (Wildman–Crippen MR) is 83.0 cm³/mol. The lowest BCUT2D eigenvalue weighted by molar-refractivity contribution is 0.101. The Labute approximate surface area is 135 Å². The number of aromatic hydroxyl groups is 1. The Kier molecular flexibility index (Phi) is 3.99. The van der Waals surface area contributed by atoms with Crippen LogP contribution in [0.2, 0.25) is 5.02 Å². The van der Waals surface area contributed by atoms with Crippen molar-refractivity contribution in [3.05, 3.63) is 65.1 Å². The number of hydrogen-bond donors (Lipinski definition) is 2. The summed E-state index contributed by atoms with van der Waals surface area (Å²) < 4.78 is 18.2. The van der Waals surface area contributed by atoms with Crippen LogP contribution in [0.25, 0.3) is 11.3 Å². The molecule has 0 saturated carbocycles. The third-order valence-electron chi connectivity index (χ3n) is 3.05. The number of amides is 1. The maximum atomic E-state index is 13.1. The Morgan fingerprint density at radius 3 is 2.78 bits per heavy atom. The second kappa shape index (κ2) is 6.10. The lowest BCUT2D eigenvalue weighted by Crippen LogP contribution is -2.12. The molecule has 2 aromatic carbocycles. The molecule has 0 aliphatic carbocycles. The molecule has 2 N–H and O–H groups in total. The molecule has 0 fully saturated rings. The third kappa shape index (κ3) is 3.32. The number of anilines is 1.